The van der Waals surface area contributed by atoms with Crippen molar-refractivity contribution < 1.29 is 9.53 Å². The first kappa shape index (κ1) is 13.6. The summed E-state index contributed by atoms with van der Waals surface area (Å²) in [5, 5.41) is 5.46. The molecule has 1 aromatic heterocycles. The van der Waals surface area contributed by atoms with Crippen molar-refractivity contribution in [3.8, 4) is 0 Å². The number of benzene rings is 1. The van der Waals surface area contributed by atoms with Crippen LogP contribution >= 0.6 is 11.3 Å². The molecule has 4 heteroatoms. The van der Waals surface area contributed by atoms with Gasteiger partial charge in [0, 0.05) is 10.6 Å². The van der Waals surface area contributed by atoms with Gasteiger partial charge in [-0.15, -0.1) is 11.3 Å². The maximum absolute atomic E-state index is 11.7. The first-order valence-corrected chi connectivity index (χ1v) is 6.99. The highest BCUT2D eigenvalue weighted by molar-refractivity contribution is 7.10. The van der Waals surface area contributed by atoms with Gasteiger partial charge in [-0.05, 0) is 43.0 Å². The molecule has 0 aliphatic carbocycles. The smallest absolute Gasteiger partial charge is 0.339 e. The highest BCUT2D eigenvalue weighted by atomic mass is 32.1. The monoisotopic (exact) mass is 275 g/mol. The number of thiophene rings is 1. The van der Waals surface area contributed by atoms with Crippen LogP contribution in [0.5, 0.6) is 0 Å². The third-order valence-electron chi connectivity index (χ3n) is 3.00. The summed E-state index contributed by atoms with van der Waals surface area (Å²) in [6, 6.07) is 9.66. The molecule has 0 aliphatic heterocycles. The van der Waals surface area contributed by atoms with E-state index in [9.17, 15) is 4.79 Å². The SMILES string of the molecule is COC(=O)c1ccccc1NC(C)c1sccc1C. The van der Waals surface area contributed by atoms with Gasteiger partial charge in [-0.25, -0.2) is 4.79 Å². The summed E-state index contributed by atoms with van der Waals surface area (Å²) >= 11 is 1.72. The second-order valence-corrected chi connectivity index (χ2v) is 5.32. The van der Waals surface area contributed by atoms with Crippen LogP contribution in [0.1, 0.15) is 33.8 Å². The standard InChI is InChI=1S/C15H17NO2S/c1-10-8-9-19-14(10)11(2)16-13-7-5-4-6-12(13)15(17)18-3/h4-9,11,16H,1-3H3. The van der Waals surface area contributed by atoms with Crippen LogP contribution in [0.2, 0.25) is 0 Å². The number of anilines is 1. The lowest BCUT2D eigenvalue weighted by Crippen LogP contribution is -2.11. The van der Waals surface area contributed by atoms with Gasteiger partial charge in [0.05, 0.1) is 18.7 Å². The third kappa shape index (κ3) is 2.96. The average molecular weight is 275 g/mol. The number of hydrogen-bond donors (Lipinski definition) is 1. The Hall–Kier alpha value is -1.81. The molecule has 0 saturated carbocycles. The number of para-hydroxylation sites is 1. The predicted molar refractivity (Wildman–Crippen MR) is 78.9 cm³/mol. The van der Waals surface area contributed by atoms with Gasteiger partial charge in [-0.1, -0.05) is 12.1 Å². The number of aryl methyl sites for hydroxylation is 1. The minimum Gasteiger partial charge on any atom is -0.465 e. The van der Waals surface area contributed by atoms with Crippen LogP contribution in [0.4, 0.5) is 5.69 Å². The Kier molecular flexibility index (Phi) is 4.22. The number of carbonyl (C=O) groups is 1. The fourth-order valence-corrected chi connectivity index (χ4v) is 2.96. The molecule has 0 fully saturated rings. The molecule has 0 spiro atoms. The highest BCUT2D eigenvalue weighted by Gasteiger charge is 2.15. The molecule has 3 nitrogen and oxygen atoms in total. The van der Waals surface area contributed by atoms with E-state index < -0.39 is 0 Å². The van der Waals surface area contributed by atoms with Crippen molar-refractivity contribution in [3.05, 3.63) is 51.7 Å². The van der Waals surface area contributed by atoms with Gasteiger partial charge in [-0.2, -0.15) is 0 Å². The lowest BCUT2D eigenvalue weighted by molar-refractivity contribution is 0.0602. The Balaban J connectivity index is 2.24. The number of methoxy groups -OCH3 is 1. The van der Waals surface area contributed by atoms with Gasteiger partial charge in [0.1, 0.15) is 0 Å². The summed E-state index contributed by atoms with van der Waals surface area (Å²) in [7, 11) is 1.39. The zero-order valence-electron chi connectivity index (χ0n) is 11.3. The van der Waals surface area contributed by atoms with Crippen molar-refractivity contribution in [2.75, 3.05) is 12.4 Å². The van der Waals surface area contributed by atoms with Crippen molar-refractivity contribution in [1.29, 1.82) is 0 Å². The number of esters is 1. The van der Waals surface area contributed by atoms with Gasteiger partial charge >= 0.3 is 5.97 Å². The van der Waals surface area contributed by atoms with Gasteiger partial charge in [-0.3, -0.25) is 0 Å². The number of nitrogens with one attached hydrogen (secondary N) is 1. The van der Waals surface area contributed by atoms with Crippen LogP contribution in [0.25, 0.3) is 0 Å². The average Bonchev–Trinajstić information content (AvgIpc) is 2.85. The quantitative estimate of drug-likeness (QED) is 0.857. The van der Waals surface area contributed by atoms with E-state index in [1.807, 2.05) is 18.2 Å². The lowest BCUT2D eigenvalue weighted by atomic mass is 10.1. The molecule has 2 aromatic rings. The largest absolute Gasteiger partial charge is 0.465 e. The van der Waals surface area contributed by atoms with E-state index >= 15 is 0 Å². The normalized spacial score (nSPS) is 11.9. The number of carbonyl (C=O) groups excluding carboxylic acids is 1. The van der Waals surface area contributed by atoms with E-state index in [0.717, 1.165) is 5.69 Å². The van der Waals surface area contributed by atoms with Crippen LogP contribution in [0, 0.1) is 6.92 Å². The van der Waals surface area contributed by atoms with Gasteiger partial charge in [0.15, 0.2) is 0 Å². The summed E-state index contributed by atoms with van der Waals surface area (Å²) in [4.78, 5) is 13.0. The second kappa shape index (κ2) is 5.89. The lowest BCUT2D eigenvalue weighted by Gasteiger charge is -2.17. The molecule has 0 bridgehead atoms. The molecular weight excluding hydrogens is 258 g/mol. The van der Waals surface area contributed by atoms with Crippen molar-refractivity contribution in [2.45, 2.75) is 19.9 Å². The predicted octanol–water partition coefficient (Wildman–Crippen LogP) is 4.02. The van der Waals surface area contributed by atoms with Gasteiger partial charge in [0.25, 0.3) is 0 Å². The number of hydrogen-bond acceptors (Lipinski definition) is 4. The third-order valence-corrected chi connectivity index (χ3v) is 4.20. The maximum Gasteiger partial charge on any atom is 0.339 e. The highest BCUT2D eigenvalue weighted by Crippen LogP contribution is 2.28. The van der Waals surface area contributed by atoms with E-state index in [1.165, 1.54) is 17.6 Å². The van der Waals surface area contributed by atoms with Crippen LogP contribution in [0.15, 0.2) is 35.7 Å². The van der Waals surface area contributed by atoms with E-state index in [0.29, 0.717) is 5.56 Å². The first-order chi connectivity index (χ1) is 9.13. The van der Waals surface area contributed by atoms with Crippen molar-refractivity contribution in [1.82, 2.24) is 0 Å². The summed E-state index contributed by atoms with van der Waals surface area (Å²) in [5.74, 6) is -0.321. The molecule has 1 atom stereocenters. The molecule has 0 saturated heterocycles. The van der Waals surface area contributed by atoms with E-state index in [-0.39, 0.29) is 12.0 Å². The van der Waals surface area contributed by atoms with Crippen LogP contribution < -0.4 is 5.32 Å². The molecule has 100 valence electrons. The maximum atomic E-state index is 11.7. The van der Waals surface area contributed by atoms with Crippen molar-refractivity contribution in [2.24, 2.45) is 0 Å². The number of rotatable bonds is 4. The minimum atomic E-state index is -0.321. The zero-order valence-corrected chi connectivity index (χ0v) is 12.1. The van der Waals surface area contributed by atoms with Crippen molar-refractivity contribution >= 4 is 23.0 Å². The molecule has 19 heavy (non-hydrogen) atoms. The number of ether oxygens (including phenoxy) is 1. The molecule has 0 radical (unpaired) electrons. The van der Waals surface area contributed by atoms with Gasteiger partial charge < -0.3 is 10.1 Å². The Bertz CT molecular complexity index is 577. The van der Waals surface area contributed by atoms with E-state index in [2.05, 4.69) is 30.6 Å². The Labute approximate surface area is 117 Å². The topological polar surface area (TPSA) is 38.3 Å². The Morgan fingerprint density at radius 3 is 2.68 bits per heavy atom. The van der Waals surface area contributed by atoms with Crippen LogP contribution in [0.3, 0.4) is 0 Å². The molecule has 2 rings (SSSR count). The summed E-state index contributed by atoms with van der Waals surface area (Å²) in [5.41, 5.74) is 2.63. The molecule has 0 aliphatic rings. The molecular formula is C15H17NO2S. The summed E-state index contributed by atoms with van der Waals surface area (Å²) in [6.07, 6.45) is 0. The Morgan fingerprint density at radius 2 is 2.05 bits per heavy atom. The minimum absolute atomic E-state index is 0.158. The first-order valence-electron chi connectivity index (χ1n) is 6.11. The molecule has 1 aromatic carbocycles. The summed E-state index contributed by atoms with van der Waals surface area (Å²) in [6.45, 7) is 4.18. The van der Waals surface area contributed by atoms with Crippen LogP contribution in [-0.4, -0.2) is 13.1 Å². The fraction of sp³-hybridized carbons (Fsp3) is 0.267. The van der Waals surface area contributed by atoms with Gasteiger partial charge in [0.2, 0.25) is 0 Å². The second-order valence-electron chi connectivity index (χ2n) is 4.37. The molecule has 1 heterocycles. The fourth-order valence-electron chi connectivity index (χ4n) is 2.02. The van der Waals surface area contributed by atoms with E-state index in [4.69, 9.17) is 4.74 Å². The van der Waals surface area contributed by atoms with Crippen LogP contribution in [-0.2, 0) is 4.74 Å². The van der Waals surface area contributed by atoms with E-state index in [1.54, 1.807) is 17.4 Å². The molecule has 1 unspecified atom stereocenters. The molecule has 1 N–H and O–H groups in total. The Morgan fingerprint density at radius 1 is 1.32 bits per heavy atom. The summed E-state index contributed by atoms with van der Waals surface area (Å²) < 4.78 is 4.80. The molecule has 0 amide bonds. The van der Waals surface area contributed by atoms with Crippen molar-refractivity contribution in [3.63, 3.8) is 0 Å². The zero-order chi connectivity index (χ0) is 13.8.